The maximum absolute atomic E-state index is 11.7. The Labute approximate surface area is 113 Å². The van der Waals surface area contributed by atoms with Gasteiger partial charge in [-0.15, -0.1) is 11.8 Å². The molecule has 0 aromatic heterocycles. The second kappa shape index (κ2) is 6.69. The predicted octanol–water partition coefficient (Wildman–Crippen LogP) is 3.58. The fraction of sp³-hybridized carbons (Fsp3) is 0.500. The lowest BCUT2D eigenvalue weighted by molar-refractivity contribution is 0.0526. The molecule has 0 fully saturated rings. The normalized spacial score (nSPS) is 12.5. The first-order valence-corrected chi connectivity index (χ1v) is 7.07. The average molecular weight is 267 g/mol. The van der Waals surface area contributed by atoms with Gasteiger partial charge >= 0.3 is 5.97 Å². The van der Waals surface area contributed by atoms with Crippen LogP contribution >= 0.6 is 11.8 Å². The van der Waals surface area contributed by atoms with Gasteiger partial charge in [-0.3, -0.25) is 0 Å². The van der Waals surface area contributed by atoms with Crippen molar-refractivity contribution in [2.24, 2.45) is 5.92 Å². The van der Waals surface area contributed by atoms with Crippen LogP contribution in [0.25, 0.3) is 0 Å². The molecule has 0 aliphatic carbocycles. The summed E-state index contributed by atoms with van der Waals surface area (Å²) in [4.78, 5) is 12.6. The molecule has 1 rings (SSSR count). The fourth-order valence-corrected chi connectivity index (χ4v) is 2.39. The van der Waals surface area contributed by atoms with Gasteiger partial charge in [0.25, 0.3) is 0 Å². The minimum atomic E-state index is -0.295. The lowest BCUT2D eigenvalue weighted by Gasteiger charge is -2.16. The lowest BCUT2D eigenvalue weighted by Crippen LogP contribution is -2.08. The number of nitrogens with two attached hydrogens (primary N) is 1. The Hall–Kier alpha value is -1.16. The molecule has 0 aliphatic heterocycles. The number of hydrogen-bond acceptors (Lipinski definition) is 4. The van der Waals surface area contributed by atoms with E-state index in [0.29, 0.717) is 29.0 Å². The molecule has 18 heavy (non-hydrogen) atoms. The maximum Gasteiger partial charge on any atom is 0.338 e. The van der Waals surface area contributed by atoms with Crippen LogP contribution in [0.15, 0.2) is 23.1 Å². The van der Waals surface area contributed by atoms with Gasteiger partial charge < -0.3 is 10.5 Å². The van der Waals surface area contributed by atoms with E-state index in [0.717, 1.165) is 4.90 Å². The van der Waals surface area contributed by atoms with E-state index in [1.54, 1.807) is 30.8 Å². The quantitative estimate of drug-likeness (QED) is 0.503. The maximum atomic E-state index is 11.7. The first-order valence-electron chi connectivity index (χ1n) is 6.19. The largest absolute Gasteiger partial charge is 0.462 e. The van der Waals surface area contributed by atoms with Crippen molar-refractivity contribution in [1.29, 1.82) is 0 Å². The first kappa shape index (κ1) is 14.9. The van der Waals surface area contributed by atoms with Gasteiger partial charge in [-0.2, -0.15) is 0 Å². The number of hydrogen-bond donors (Lipinski definition) is 1. The van der Waals surface area contributed by atoms with Crippen molar-refractivity contribution in [2.75, 3.05) is 12.3 Å². The second-order valence-electron chi connectivity index (χ2n) is 4.54. The summed E-state index contributed by atoms with van der Waals surface area (Å²) in [7, 11) is 0. The number of anilines is 1. The number of carbonyl (C=O) groups is 1. The standard InChI is InChI=1S/C14H21NO2S/c1-5-17-14(16)11-6-7-12(15)13(8-11)18-10(4)9(2)3/h6-10H,5,15H2,1-4H3. The Morgan fingerprint density at radius 1 is 1.39 bits per heavy atom. The molecule has 100 valence electrons. The molecule has 1 aromatic carbocycles. The number of carbonyl (C=O) groups excluding carboxylic acids is 1. The van der Waals surface area contributed by atoms with Gasteiger partial charge in [-0.25, -0.2) is 4.79 Å². The molecule has 1 unspecified atom stereocenters. The Balaban J connectivity index is 2.91. The van der Waals surface area contributed by atoms with Gasteiger partial charge in [0.05, 0.1) is 12.2 Å². The van der Waals surface area contributed by atoms with E-state index < -0.39 is 0 Å². The van der Waals surface area contributed by atoms with Gasteiger partial charge in [-0.1, -0.05) is 20.8 Å². The molecule has 0 amide bonds. The zero-order valence-corrected chi connectivity index (χ0v) is 12.2. The summed E-state index contributed by atoms with van der Waals surface area (Å²) in [5, 5.41) is 0.449. The highest BCUT2D eigenvalue weighted by Gasteiger charge is 2.14. The van der Waals surface area contributed by atoms with Crippen molar-refractivity contribution in [3.63, 3.8) is 0 Å². The van der Waals surface area contributed by atoms with Crippen molar-refractivity contribution >= 4 is 23.4 Å². The van der Waals surface area contributed by atoms with Crippen molar-refractivity contribution in [3.05, 3.63) is 23.8 Å². The van der Waals surface area contributed by atoms with Crippen LogP contribution in [0, 0.1) is 5.92 Å². The van der Waals surface area contributed by atoms with Crippen LogP contribution in [0.5, 0.6) is 0 Å². The zero-order valence-electron chi connectivity index (χ0n) is 11.4. The lowest BCUT2D eigenvalue weighted by atomic mass is 10.2. The van der Waals surface area contributed by atoms with E-state index >= 15 is 0 Å². The Kier molecular flexibility index (Phi) is 5.54. The summed E-state index contributed by atoms with van der Waals surface area (Å²) in [5.74, 6) is 0.261. The minimum Gasteiger partial charge on any atom is -0.462 e. The number of esters is 1. The summed E-state index contributed by atoms with van der Waals surface area (Å²) in [6.07, 6.45) is 0. The highest BCUT2D eigenvalue weighted by atomic mass is 32.2. The van der Waals surface area contributed by atoms with E-state index in [9.17, 15) is 4.79 Å². The monoisotopic (exact) mass is 267 g/mol. The molecule has 0 bridgehead atoms. The van der Waals surface area contributed by atoms with Crippen LogP contribution < -0.4 is 5.73 Å². The number of thioether (sulfide) groups is 1. The van der Waals surface area contributed by atoms with Gasteiger partial charge in [0.2, 0.25) is 0 Å². The van der Waals surface area contributed by atoms with Gasteiger partial charge in [0.1, 0.15) is 0 Å². The third-order valence-corrected chi connectivity index (χ3v) is 4.30. The molecule has 3 nitrogen and oxygen atoms in total. The summed E-state index contributed by atoms with van der Waals surface area (Å²) in [5.41, 5.74) is 7.21. The third-order valence-electron chi connectivity index (χ3n) is 2.78. The molecule has 0 heterocycles. The number of benzene rings is 1. The van der Waals surface area contributed by atoms with Crippen LogP contribution in [0.4, 0.5) is 5.69 Å². The molecule has 0 saturated carbocycles. The zero-order chi connectivity index (χ0) is 13.7. The molecule has 0 radical (unpaired) electrons. The van der Waals surface area contributed by atoms with Crippen LogP contribution in [0.1, 0.15) is 38.1 Å². The smallest absolute Gasteiger partial charge is 0.338 e. The molecule has 0 spiro atoms. The van der Waals surface area contributed by atoms with E-state index in [1.807, 2.05) is 6.07 Å². The number of ether oxygens (including phenoxy) is 1. The molecule has 1 aromatic rings. The SMILES string of the molecule is CCOC(=O)c1ccc(N)c(SC(C)C(C)C)c1. The first-order chi connectivity index (χ1) is 8.45. The minimum absolute atomic E-state index is 0.295. The van der Waals surface area contributed by atoms with E-state index in [1.165, 1.54) is 0 Å². The van der Waals surface area contributed by atoms with Crippen molar-refractivity contribution in [2.45, 2.75) is 37.8 Å². The predicted molar refractivity (Wildman–Crippen MR) is 77.0 cm³/mol. The molecule has 2 N–H and O–H groups in total. The van der Waals surface area contributed by atoms with Gasteiger partial charge in [-0.05, 0) is 31.0 Å². The highest BCUT2D eigenvalue weighted by Crippen LogP contribution is 2.32. The Morgan fingerprint density at radius 3 is 2.61 bits per heavy atom. The van der Waals surface area contributed by atoms with E-state index in [4.69, 9.17) is 10.5 Å². The molecule has 4 heteroatoms. The number of rotatable bonds is 5. The second-order valence-corrected chi connectivity index (χ2v) is 5.96. The fourth-order valence-electron chi connectivity index (χ4n) is 1.31. The van der Waals surface area contributed by atoms with Crippen LogP contribution in [0.3, 0.4) is 0 Å². The summed E-state index contributed by atoms with van der Waals surface area (Å²) in [6.45, 7) is 8.68. The molecule has 0 aliphatic rings. The highest BCUT2D eigenvalue weighted by molar-refractivity contribution is 8.00. The van der Waals surface area contributed by atoms with Crippen molar-refractivity contribution in [3.8, 4) is 0 Å². The van der Waals surface area contributed by atoms with Crippen LogP contribution in [-0.2, 0) is 4.74 Å². The summed E-state index contributed by atoms with van der Waals surface area (Å²) in [6, 6.07) is 5.29. The molecular formula is C14H21NO2S. The van der Waals surface area contributed by atoms with Gasteiger partial charge in [0, 0.05) is 15.8 Å². The van der Waals surface area contributed by atoms with Crippen molar-refractivity contribution in [1.82, 2.24) is 0 Å². The van der Waals surface area contributed by atoms with Crippen LogP contribution in [-0.4, -0.2) is 17.8 Å². The van der Waals surface area contributed by atoms with E-state index in [-0.39, 0.29) is 5.97 Å². The molecular weight excluding hydrogens is 246 g/mol. The van der Waals surface area contributed by atoms with Gasteiger partial charge in [0.15, 0.2) is 0 Å². The topological polar surface area (TPSA) is 52.3 Å². The Bertz CT molecular complexity index is 418. The molecule has 1 atom stereocenters. The van der Waals surface area contributed by atoms with Crippen molar-refractivity contribution < 1.29 is 9.53 Å². The number of nitrogen functional groups attached to an aromatic ring is 1. The molecule has 0 saturated heterocycles. The summed E-state index contributed by atoms with van der Waals surface area (Å²) < 4.78 is 4.99. The summed E-state index contributed by atoms with van der Waals surface area (Å²) >= 11 is 1.70. The van der Waals surface area contributed by atoms with E-state index in [2.05, 4.69) is 20.8 Å². The Morgan fingerprint density at radius 2 is 2.06 bits per heavy atom. The van der Waals surface area contributed by atoms with Crippen LogP contribution in [0.2, 0.25) is 0 Å². The third kappa shape index (κ3) is 3.95. The average Bonchev–Trinajstić information content (AvgIpc) is 2.31.